The lowest BCUT2D eigenvalue weighted by molar-refractivity contribution is 0.0458. The highest BCUT2D eigenvalue weighted by molar-refractivity contribution is 6.58. The quantitative estimate of drug-likeness (QED) is 0.540. The van der Waals surface area contributed by atoms with E-state index in [0.717, 1.165) is 18.9 Å². The van der Waals surface area contributed by atoms with Crippen LogP contribution in [0.2, 0.25) is 0 Å². The average molecular weight is 282 g/mol. The van der Waals surface area contributed by atoms with Crippen molar-refractivity contribution >= 4 is 12.6 Å². The van der Waals surface area contributed by atoms with Crippen LogP contribution in [0.25, 0.3) is 0 Å². The summed E-state index contributed by atoms with van der Waals surface area (Å²) in [5.41, 5.74) is 0.771. The van der Waals surface area contributed by atoms with Gasteiger partial charge in [-0.05, 0) is 36.5 Å². The fraction of sp³-hybridized carbons (Fsp3) is 0.600. The summed E-state index contributed by atoms with van der Waals surface area (Å²) in [5.74, 6) is -0.482. The Labute approximate surface area is 120 Å². The van der Waals surface area contributed by atoms with Gasteiger partial charge in [0.15, 0.2) is 0 Å². The highest BCUT2D eigenvalue weighted by atomic mass is 19.1. The molecule has 0 bridgehead atoms. The molecule has 2 N–H and O–H groups in total. The minimum atomic E-state index is -1.66. The second kappa shape index (κ2) is 9.11. The fourth-order valence-corrected chi connectivity index (χ4v) is 2.09. The van der Waals surface area contributed by atoms with Gasteiger partial charge in [-0.2, -0.15) is 0 Å². The van der Waals surface area contributed by atoms with Crippen LogP contribution in [0.1, 0.15) is 51.5 Å². The van der Waals surface area contributed by atoms with Gasteiger partial charge in [-0.15, -0.1) is 0 Å². The number of halogens is 1. The first kappa shape index (κ1) is 17.1. The summed E-state index contributed by atoms with van der Waals surface area (Å²) in [7, 11) is -1.66. The van der Waals surface area contributed by atoms with Gasteiger partial charge in [0.05, 0.1) is 12.7 Å². The zero-order chi connectivity index (χ0) is 15.0. The third-order valence-corrected chi connectivity index (χ3v) is 3.28. The van der Waals surface area contributed by atoms with E-state index < -0.39 is 12.9 Å². The zero-order valence-corrected chi connectivity index (χ0v) is 12.3. The lowest BCUT2D eigenvalue weighted by Crippen LogP contribution is -2.30. The van der Waals surface area contributed by atoms with E-state index in [0.29, 0.717) is 5.56 Å². The smallest absolute Gasteiger partial charge is 0.423 e. The molecule has 1 rings (SSSR count). The highest BCUT2D eigenvalue weighted by Crippen LogP contribution is 2.11. The Morgan fingerprint density at radius 2 is 1.95 bits per heavy atom. The van der Waals surface area contributed by atoms with Crippen LogP contribution in [0.4, 0.5) is 4.39 Å². The third kappa shape index (κ3) is 6.50. The van der Waals surface area contributed by atoms with Crippen LogP contribution >= 0.6 is 0 Å². The zero-order valence-electron chi connectivity index (χ0n) is 12.3. The summed E-state index contributed by atoms with van der Waals surface area (Å²) in [4.78, 5) is 0. The maximum Gasteiger partial charge on any atom is 0.488 e. The molecule has 20 heavy (non-hydrogen) atoms. The van der Waals surface area contributed by atoms with E-state index >= 15 is 0 Å². The molecule has 0 aliphatic heterocycles. The molecular formula is C15H24BFO3. The van der Waals surface area contributed by atoms with Crippen LogP contribution in [-0.2, 0) is 11.3 Å². The Balaban J connectivity index is 2.40. The predicted octanol–water partition coefficient (Wildman–Crippen LogP) is 2.38. The Kier molecular flexibility index (Phi) is 7.81. The van der Waals surface area contributed by atoms with E-state index in [1.807, 2.05) is 6.92 Å². The van der Waals surface area contributed by atoms with Crippen LogP contribution in [0.5, 0.6) is 0 Å². The first-order valence-corrected chi connectivity index (χ1v) is 7.30. The molecule has 0 amide bonds. The lowest BCUT2D eigenvalue weighted by atomic mass is 9.79. The molecule has 1 aromatic carbocycles. The van der Waals surface area contributed by atoms with Crippen molar-refractivity contribution in [1.29, 1.82) is 0 Å². The molecule has 1 aromatic rings. The average Bonchev–Trinajstić information content (AvgIpc) is 2.40. The summed E-state index contributed by atoms with van der Waals surface area (Å²) >= 11 is 0. The van der Waals surface area contributed by atoms with Crippen molar-refractivity contribution in [2.75, 3.05) is 0 Å². The Bertz CT molecular complexity index is 399. The summed E-state index contributed by atoms with van der Waals surface area (Å²) in [6.45, 7) is 4.47. The Morgan fingerprint density at radius 1 is 1.20 bits per heavy atom. The Morgan fingerprint density at radius 3 is 2.60 bits per heavy atom. The molecule has 0 aliphatic carbocycles. The van der Waals surface area contributed by atoms with Crippen LogP contribution in [0.3, 0.4) is 0 Å². The van der Waals surface area contributed by atoms with E-state index in [1.54, 1.807) is 6.07 Å². The maximum atomic E-state index is 13.3. The van der Waals surface area contributed by atoms with Gasteiger partial charge in [0.25, 0.3) is 0 Å². The van der Waals surface area contributed by atoms with Crippen LogP contribution in [0, 0.1) is 5.82 Å². The molecule has 0 aliphatic rings. The van der Waals surface area contributed by atoms with Gasteiger partial charge in [0.1, 0.15) is 5.82 Å². The molecule has 0 aromatic heterocycles. The largest absolute Gasteiger partial charge is 0.488 e. The van der Waals surface area contributed by atoms with E-state index in [-0.39, 0.29) is 18.2 Å². The SMILES string of the molecule is CCCCCCC(C)OCc1cc(F)cc(B(O)O)c1. The molecule has 5 heteroatoms. The molecule has 0 saturated carbocycles. The van der Waals surface area contributed by atoms with Gasteiger partial charge in [-0.1, -0.05) is 38.7 Å². The van der Waals surface area contributed by atoms with Crippen LogP contribution < -0.4 is 5.46 Å². The van der Waals surface area contributed by atoms with Crippen LogP contribution in [-0.4, -0.2) is 23.3 Å². The van der Waals surface area contributed by atoms with Gasteiger partial charge in [-0.3, -0.25) is 0 Å². The molecule has 0 saturated heterocycles. The normalized spacial score (nSPS) is 12.4. The molecule has 0 radical (unpaired) electrons. The van der Waals surface area contributed by atoms with E-state index in [9.17, 15) is 4.39 Å². The van der Waals surface area contributed by atoms with E-state index in [4.69, 9.17) is 14.8 Å². The fourth-order valence-electron chi connectivity index (χ4n) is 2.09. The van der Waals surface area contributed by atoms with E-state index in [1.165, 1.54) is 25.3 Å². The molecule has 0 fully saturated rings. The monoisotopic (exact) mass is 282 g/mol. The molecule has 0 heterocycles. The minimum absolute atomic E-state index is 0.123. The third-order valence-electron chi connectivity index (χ3n) is 3.28. The van der Waals surface area contributed by atoms with Gasteiger partial charge in [0, 0.05) is 0 Å². The van der Waals surface area contributed by atoms with Crippen molar-refractivity contribution in [1.82, 2.24) is 0 Å². The molecule has 1 unspecified atom stereocenters. The Hall–Kier alpha value is -0.905. The molecule has 1 atom stereocenters. The van der Waals surface area contributed by atoms with Crippen molar-refractivity contribution in [2.24, 2.45) is 0 Å². The highest BCUT2D eigenvalue weighted by Gasteiger charge is 2.13. The van der Waals surface area contributed by atoms with E-state index in [2.05, 4.69) is 6.92 Å². The molecule has 3 nitrogen and oxygen atoms in total. The lowest BCUT2D eigenvalue weighted by Gasteiger charge is -2.13. The molecular weight excluding hydrogens is 258 g/mol. The summed E-state index contributed by atoms with van der Waals surface area (Å²) in [6, 6.07) is 4.02. The van der Waals surface area contributed by atoms with Gasteiger partial charge < -0.3 is 14.8 Å². The van der Waals surface area contributed by atoms with Crippen LogP contribution in [0.15, 0.2) is 18.2 Å². The number of benzene rings is 1. The molecule has 0 spiro atoms. The van der Waals surface area contributed by atoms with Crippen molar-refractivity contribution in [3.8, 4) is 0 Å². The second-order valence-electron chi connectivity index (χ2n) is 5.24. The summed E-state index contributed by atoms with van der Waals surface area (Å²) in [6.07, 6.45) is 5.92. The summed E-state index contributed by atoms with van der Waals surface area (Å²) < 4.78 is 19.0. The number of hydrogen-bond donors (Lipinski definition) is 2. The first-order valence-electron chi connectivity index (χ1n) is 7.30. The topological polar surface area (TPSA) is 49.7 Å². The van der Waals surface area contributed by atoms with Crippen molar-refractivity contribution in [3.63, 3.8) is 0 Å². The van der Waals surface area contributed by atoms with Gasteiger partial charge >= 0.3 is 7.12 Å². The van der Waals surface area contributed by atoms with Crippen molar-refractivity contribution in [3.05, 3.63) is 29.6 Å². The second-order valence-corrected chi connectivity index (χ2v) is 5.24. The number of hydrogen-bond acceptors (Lipinski definition) is 3. The standard InChI is InChI=1S/C15H24BFO3/c1-3-4-5-6-7-12(2)20-11-13-8-14(16(18)19)10-15(17)9-13/h8-10,12,18-19H,3-7,11H2,1-2H3. The predicted molar refractivity (Wildman–Crippen MR) is 79.2 cm³/mol. The van der Waals surface area contributed by atoms with Gasteiger partial charge in [0.2, 0.25) is 0 Å². The first-order chi connectivity index (χ1) is 9.52. The molecule has 112 valence electrons. The van der Waals surface area contributed by atoms with Crippen molar-refractivity contribution in [2.45, 2.75) is 58.7 Å². The maximum absolute atomic E-state index is 13.3. The van der Waals surface area contributed by atoms with Gasteiger partial charge in [-0.25, -0.2) is 4.39 Å². The number of rotatable bonds is 9. The van der Waals surface area contributed by atoms with Crippen molar-refractivity contribution < 1.29 is 19.2 Å². The minimum Gasteiger partial charge on any atom is -0.423 e. The summed E-state index contributed by atoms with van der Waals surface area (Å²) in [5, 5.41) is 18.1. The number of unbranched alkanes of at least 4 members (excludes halogenated alkanes) is 3. The number of ether oxygens (including phenoxy) is 1.